The third-order valence-corrected chi connectivity index (χ3v) is 3.83. The summed E-state index contributed by atoms with van der Waals surface area (Å²) >= 11 is 0. The highest BCUT2D eigenvalue weighted by molar-refractivity contribution is 5.98. The number of rotatable bonds is 8. The quantitative estimate of drug-likeness (QED) is 0.513. The van der Waals surface area contributed by atoms with Gasteiger partial charge in [0.1, 0.15) is 11.4 Å². The van der Waals surface area contributed by atoms with Gasteiger partial charge in [0.2, 0.25) is 0 Å². The average Bonchev–Trinajstić information content (AvgIpc) is 3.20. The van der Waals surface area contributed by atoms with Gasteiger partial charge in [-0.05, 0) is 0 Å². The van der Waals surface area contributed by atoms with Crippen molar-refractivity contribution in [1.29, 1.82) is 0 Å². The van der Waals surface area contributed by atoms with Crippen molar-refractivity contribution < 1.29 is 14.3 Å². The van der Waals surface area contributed by atoms with Crippen molar-refractivity contribution in [1.82, 2.24) is 30.0 Å². The highest BCUT2D eigenvalue weighted by atomic mass is 16.5. The van der Waals surface area contributed by atoms with Crippen LogP contribution in [0.2, 0.25) is 0 Å². The summed E-state index contributed by atoms with van der Waals surface area (Å²) < 4.78 is 8.75. The SMILES string of the molecule is CC(C)(C)C(=O)c1cn(CCOCCn2cc(C(=O)C(C)(C)C)nn2)nn1. The van der Waals surface area contributed by atoms with Crippen molar-refractivity contribution in [2.24, 2.45) is 10.8 Å². The Hall–Kier alpha value is -2.42. The number of carbonyl (C=O) groups excluding carboxylic acids is 2. The molecule has 0 saturated heterocycles. The number of ether oxygens (including phenoxy) is 1. The molecule has 9 nitrogen and oxygen atoms in total. The molecule has 2 heterocycles. The van der Waals surface area contributed by atoms with E-state index in [4.69, 9.17) is 4.74 Å². The first kappa shape index (κ1) is 20.9. The van der Waals surface area contributed by atoms with Crippen molar-refractivity contribution in [2.75, 3.05) is 13.2 Å². The molecule has 0 aliphatic heterocycles. The van der Waals surface area contributed by atoms with E-state index in [1.807, 2.05) is 41.5 Å². The second kappa shape index (κ2) is 8.08. The van der Waals surface area contributed by atoms with Crippen LogP contribution < -0.4 is 0 Å². The molecule has 2 aromatic heterocycles. The molecule has 27 heavy (non-hydrogen) atoms. The Morgan fingerprint density at radius 1 is 0.815 bits per heavy atom. The monoisotopic (exact) mass is 376 g/mol. The first-order valence-electron chi connectivity index (χ1n) is 8.96. The summed E-state index contributed by atoms with van der Waals surface area (Å²) in [5.74, 6) is -0.0806. The molecule has 2 rings (SSSR count). The van der Waals surface area contributed by atoms with Crippen LogP contribution >= 0.6 is 0 Å². The standard InChI is InChI=1S/C18H28N6O3/c1-17(2,3)15(25)13-11-23(21-19-13)7-9-27-10-8-24-12-14(20-22-24)16(26)18(4,5)6/h11-12H,7-10H2,1-6H3. The van der Waals surface area contributed by atoms with Gasteiger partial charge in [-0.3, -0.25) is 9.59 Å². The molecule has 2 aromatic rings. The molecule has 148 valence electrons. The Morgan fingerprint density at radius 3 is 1.52 bits per heavy atom. The number of hydrogen-bond donors (Lipinski definition) is 0. The molecule has 0 aliphatic carbocycles. The lowest BCUT2D eigenvalue weighted by molar-refractivity contribution is 0.0847. The van der Waals surface area contributed by atoms with Gasteiger partial charge in [0.25, 0.3) is 0 Å². The van der Waals surface area contributed by atoms with Crippen LogP contribution in [-0.2, 0) is 17.8 Å². The summed E-state index contributed by atoms with van der Waals surface area (Å²) in [5.41, 5.74) is -0.243. The van der Waals surface area contributed by atoms with E-state index < -0.39 is 10.8 Å². The molecular weight excluding hydrogens is 348 g/mol. The van der Waals surface area contributed by atoms with E-state index in [2.05, 4.69) is 20.6 Å². The van der Waals surface area contributed by atoms with Crippen LogP contribution in [0, 0.1) is 10.8 Å². The van der Waals surface area contributed by atoms with Crippen molar-refractivity contribution in [3.05, 3.63) is 23.8 Å². The fourth-order valence-electron chi connectivity index (χ4n) is 2.21. The Labute approximate surface area is 159 Å². The van der Waals surface area contributed by atoms with Gasteiger partial charge in [-0.2, -0.15) is 0 Å². The zero-order valence-electron chi connectivity index (χ0n) is 16.9. The van der Waals surface area contributed by atoms with E-state index >= 15 is 0 Å². The normalized spacial score (nSPS) is 12.4. The fourth-order valence-corrected chi connectivity index (χ4v) is 2.21. The van der Waals surface area contributed by atoms with Gasteiger partial charge in [0.05, 0.1) is 38.7 Å². The molecule has 0 atom stereocenters. The number of ketones is 2. The largest absolute Gasteiger partial charge is 0.378 e. The van der Waals surface area contributed by atoms with Gasteiger partial charge in [0, 0.05) is 10.8 Å². The molecule has 0 aliphatic rings. The number of Topliss-reactive ketones (excluding diaryl/α,β-unsaturated/α-hetero) is 2. The van der Waals surface area contributed by atoms with E-state index in [1.54, 1.807) is 21.8 Å². The van der Waals surface area contributed by atoms with Gasteiger partial charge in [-0.1, -0.05) is 52.0 Å². The van der Waals surface area contributed by atoms with Gasteiger partial charge < -0.3 is 4.74 Å². The molecular formula is C18H28N6O3. The number of carbonyl (C=O) groups is 2. The van der Waals surface area contributed by atoms with E-state index in [0.29, 0.717) is 37.7 Å². The first-order valence-corrected chi connectivity index (χ1v) is 8.96. The first-order chi connectivity index (χ1) is 12.5. The topological polar surface area (TPSA) is 105 Å². The molecule has 0 spiro atoms. The number of nitrogens with zero attached hydrogens (tertiary/aromatic N) is 6. The zero-order chi connectivity index (χ0) is 20.2. The smallest absolute Gasteiger partial charge is 0.190 e. The maximum absolute atomic E-state index is 12.1. The third kappa shape index (κ3) is 5.78. The van der Waals surface area contributed by atoms with E-state index in [9.17, 15) is 9.59 Å². The Balaban J connectivity index is 1.74. The molecule has 0 radical (unpaired) electrons. The summed E-state index contributed by atoms with van der Waals surface area (Å²) in [6.45, 7) is 12.9. The second-order valence-electron chi connectivity index (χ2n) is 8.50. The van der Waals surface area contributed by atoms with Crippen LogP contribution in [0.4, 0.5) is 0 Å². The molecule has 0 aromatic carbocycles. The minimum Gasteiger partial charge on any atom is -0.378 e. The molecule has 9 heteroatoms. The Morgan fingerprint density at radius 2 is 1.19 bits per heavy atom. The lowest BCUT2D eigenvalue weighted by Crippen LogP contribution is -2.20. The summed E-state index contributed by atoms with van der Waals surface area (Å²) in [5, 5.41) is 15.7. The van der Waals surface area contributed by atoms with Crippen molar-refractivity contribution in [3.8, 4) is 0 Å². The lowest BCUT2D eigenvalue weighted by Gasteiger charge is -2.13. The second-order valence-corrected chi connectivity index (χ2v) is 8.50. The van der Waals surface area contributed by atoms with Crippen molar-refractivity contribution in [2.45, 2.75) is 54.6 Å². The minimum atomic E-state index is -0.484. The molecule has 0 unspecified atom stereocenters. The maximum Gasteiger partial charge on any atom is 0.190 e. The number of aromatic nitrogens is 6. The molecule has 0 bridgehead atoms. The Bertz CT molecular complexity index is 728. The van der Waals surface area contributed by atoms with Gasteiger partial charge in [-0.15, -0.1) is 10.2 Å². The zero-order valence-corrected chi connectivity index (χ0v) is 16.9. The molecule has 0 fully saturated rings. The maximum atomic E-state index is 12.1. The van der Waals surface area contributed by atoms with Gasteiger partial charge >= 0.3 is 0 Å². The van der Waals surface area contributed by atoms with Crippen LogP contribution in [-0.4, -0.2) is 54.8 Å². The summed E-state index contributed by atoms with van der Waals surface area (Å²) in [6.07, 6.45) is 3.28. The molecule has 0 saturated carbocycles. The van der Waals surface area contributed by atoms with E-state index in [0.717, 1.165) is 0 Å². The van der Waals surface area contributed by atoms with Crippen molar-refractivity contribution >= 4 is 11.6 Å². The van der Waals surface area contributed by atoms with Crippen LogP contribution in [0.25, 0.3) is 0 Å². The third-order valence-electron chi connectivity index (χ3n) is 3.83. The number of hydrogen-bond acceptors (Lipinski definition) is 7. The summed E-state index contributed by atoms with van der Waals surface area (Å²) in [6, 6.07) is 0. The Kier molecular flexibility index (Phi) is 6.25. The predicted molar refractivity (Wildman–Crippen MR) is 98.4 cm³/mol. The predicted octanol–water partition coefficient (Wildman–Crippen LogP) is 2.04. The van der Waals surface area contributed by atoms with Crippen LogP contribution in [0.1, 0.15) is 62.5 Å². The lowest BCUT2D eigenvalue weighted by atomic mass is 9.89. The van der Waals surface area contributed by atoms with Crippen LogP contribution in [0.3, 0.4) is 0 Å². The highest BCUT2D eigenvalue weighted by Crippen LogP contribution is 2.19. The van der Waals surface area contributed by atoms with Gasteiger partial charge in [0.15, 0.2) is 11.6 Å². The summed E-state index contributed by atoms with van der Waals surface area (Å²) in [7, 11) is 0. The van der Waals surface area contributed by atoms with Crippen LogP contribution in [0.15, 0.2) is 12.4 Å². The van der Waals surface area contributed by atoms with E-state index in [1.165, 1.54) is 0 Å². The van der Waals surface area contributed by atoms with E-state index in [-0.39, 0.29) is 11.6 Å². The molecule has 0 amide bonds. The average molecular weight is 376 g/mol. The minimum absolute atomic E-state index is 0.0403. The van der Waals surface area contributed by atoms with Crippen molar-refractivity contribution in [3.63, 3.8) is 0 Å². The van der Waals surface area contributed by atoms with Gasteiger partial charge in [-0.25, -0.2) is 9.36 Å². The highest BCUT2D eigenvalue weighted by Gasteiger charge is 2.26. The molecule has 0 N–H and O–H groups in total. The van der Waals surface area contributed by atoms with Crippen LogP contribution in [0.5, 0.6) is 0 Å². The summed E-state index contributed by atoms with van der Waals surface area (Å²) in [4.78, 5) is 24.3. The fraction of sp³-hybridized carbons (Fsp3) is 0.667.